The first-order chi connectivity index (χ1) is 12.1. The van der Waals surface area contributed by atoms with Gasteiger partial charge in [0.2, 0.25) is 0 Å². The quantitative estimate of drug-likeness (QED) is 0.629. The summed E-state index contributed by atoms with van der Waals surface area (Å²) in [7, 11) is 3.10. The zero-order chi connectivity index (χ0) is 17.8. The summed E-state index contributed by atoms with van der Waals surface area (Å²) in [6.45, 7) is 1.93. The number of rotatable bonds is 4. The van der Waals surface area contributed by atoms with Gasteiger partial charge < -0.3 is 19.0 Å². The summed E-state index contributed by atoms with van der Waals surface area (Å²) in [6, 6.07) is 12.3. The van der Waals surface area contributed by atoms with E-state index in [-0.39, 0.29) is 6.10 Å². The summed E-state index contributed by atoms with van der Waals surface area (Å²) in [5, 5.41) is 4.07. The number of para-hydroxylation sites is 1. The van der Waals surface area contributed by atoms with Crippen molar-refractivity contribution in [3.63, 3.8) is 0 Å². The molecule has 25 heavy (non-hydrogen) atoms. The van der Waals surface area contributed by atoms with Crippen LogP contribution in [-0.4, -0.2) is 32.0 Å². The van der Waals surface area contributed by atoms with Crippen molar-refractivity contribution in [2.24, 2.45) is 5.16 Å². The molecule has 0 fully saturated rings. The molecule has 1 atom stereocenters. The highest BCUT2D eigenvalue weighted by atomic mass is 16.7. The number of carbonyl (C=O) groups is 1. The van der Waals surface area contributed by atoms with Crippen molar-refractivity contribution < 1.29 is 23.8 Å². The van der Waals surface area contributed by atoms with Crippen molar-refractivity contribution in [3.05, 3.63) is 53.6 Å². The molecule has 0 N–H and O–H groups in total. The second-order valence-corrected chi connectivity index (χ2v) is 5.61. The maximum atomic E-state index is 12.3. The molecule has 130 valence electrons. The number of ether oxygens (including phenoxy) is 3. The third kappa shape index (κ3) is 3.57. The van der Waals surface area contributed by atoms with Crippen LogP contribution in [0.3, 0.4) is 0 Å². The fraction of sp³-hybridized carbons (Fsp3) is 0.263. The van der Waals surface area contributed by atoms with E-state index in [2.05, 4.69) is 5.16 Å². The molecule has 0 aromatic heterocycles. The van der Waals surface area contributed by atoms with Crippen LogP contribution in [0.5, 0.6) is 17.2 Å². The average Bonchev–Trinajstić information content (AvgIpc) is 2.65. The lowest BCUT2D eigenvalue weighted by atomic mass is 10.0. The lowest BCUT2D eigenvalue weighted by Gasteiger charge is -2.24. The standard InChI is InChI=1S/C19H19NO5/c1-12-10-16(14-9-8-13(22-2)11-18(14)24-12)20-25-19(21)15-6-4-5-7-17(15)23-3/h4-9,11-12H,10H2,1-3H3/b20-16+/t12-/m1/s1. The Morgan fingerprint density at radius 2 is 1.96 bits per heavy atom. The number of nitrogens with zero attached hydrogens (tertiary/aromatic N) is 1. The summed E-state index contributed by atoms with van der Waals surface area (Å²) >= 11 is 0. The van der Waals surface area contributed by atoms with Gasteiger partial charge >= 0.3 is 5.97 Å². The molecule has 0 saturated carbocycles. The van der Waals surface area contributed by atoms with E-state index >= 15 is 0 Å². The molecule has 1 aliphatic heterocycles. The number of benzene rings is 2. The minimum absolute atomic E-state index is 0.0803. The van der Waals surface area contributed by atoms with Crippen LogP contribution in [0.2, 0.25) is 0 Å². The van der Waals surface area contributed by atoms with Crippen LogP contribution in [0.25, 0.3) is 0 Å². The number of carbonyl (C=O) groups excluding carboxylic acids is 1. The molecular weight excluding hydrogens is 322 g/mol. The Balaban J connectivity index is 1.86. The second-order valence-electron chi connectivity index (χ2n) is 5.61. The van der Waals surface area contributed by atoms with Gasteiger partial charge in [0.1, 0.15) is 28.9 Å². The number of hydrogen-bond acceptors (Lipinski definition) is 6. The van der Waals surface area contributed by atoms with E-state index < -0.39 is 5.97 Å². The number of methoxy groups -OCH3 is 2. The van der Waals surface area contributed by atoms with Crippen molar-refractivity contribution in [3.8, 4) is 17.2 Å². The molecule has 0 amide bonds. The lowest BCUT2D eigenvalue weighted by Crippen LogP contribution is -2.25. The van der Waals surface area contributed by atoms with Crippen molar-refractivity contribution in [2.45, 2.75) is 19.4 Å². The first kappa shape index (κ1) is 16.8. The summed E-state index contributed by atoms with van der Waals surface area (Å²) in [5.41, 5.74) is 1.76. The third-order valence-corrected chi connectivity index (χ3v) is 3.87. The molecule has 2 aromatic rings. The molecule has 0 spiro atoms. The summed E-state index contributed by atoms with van der Waals surface area (Å²) in [5.74, 6) is 1.22. The first-order valence-corrected chi connectivity index (χ1v) is 7.88. The Kier molecular flexibility index (Phi) is 4.88. The fourth-order valence-corrected chi connectivity index (χ4v) is 2.65. The zero-order valence-electron chi connectivity index (χ0n) is 14.3. The molecule has 6 nitrogen and oxygen atoms in total. The highest BCUT2D eigenvalue weighted by Crippen LogP contribution is 2.32. The second kappa shape index (κ2) is 7.25. The predicted octanol–water partition coefficient (Wildman–Crippen LogP) is 3.44. The Hall–Kier alpha value is -3.02. The molecule has 0 unspecified atom stereocenters. The van der Waals surface area contributed by atoms with Crippen molar-refractivity contribution >= 4 is 11.7 Å². The van der Waals surface area contributed by atoms with E-state index in [4.69, 9.17) is 19.0 Å². The topological polar surface area (TPSA) is 66.3 Å². The smallest absolute Gasteiger partial charge is 0.369 e. The molecule has 6 heteroatoms. The summed E-state index contributed by atoms with van der Waals surface area (Å²) in [6.07, 6.45) is 0.460. The fourth-order valence-electron chi connectivity index (χ4n) is 2.65. The number of fused-ring (bicyclic) bond motifs is 1. The molecule has 1 aliphatic rings. The third-order valence-electron chi connectivity index (χ3n) is 3.87. The van der Waals surface area contributed by atoms with Crippen molar-refractivity contribution in [1.29, 1.82) is 0 Å². The Bertz CT molecular complexity index is 815. The van der Waals surface area contributed by atoms with E-state index in [9.17, 15) is 4.79 Å². The SMILES string of the molecule is COc1ccc2c(c1)O[C@H](C)C/C2=N\OC(=O)c1ccccc1OC. The maximum absolute atomic E-state index is 12.3. The van der Waals surface area contributed by atoms with Gasteiger partial charge in [-0.25, -0.2) is 4.79 Å². The van der Waals surface area contributed by atoms with E-state index in [1.165, 1.54) is 7.11 Å². The molecule has 2 aromatic carbocycles. The molecule has 0 saturated heterocycles. The van der Waals surface area contributed by atoms with E-state index in [1.807, 2.05) is 19.1 Å². The van der Waals surface area contributed by atoms with Gasteiger partial charge in [0, 0.05) is 18.1 Å². The number of oxime groups is 1. The molecular formula is C19H19NO5. The normalized spacial score (nSPS) is 17.4. The van der Waals surface area contributed by atoms with Crippen LogP contribution in [-0.2, 0) is 4.84 Å². The van der Waals surface area contributed by atoms with Gasteiger partial charge in [-0.15, -0.1) is 0 Å². The summed E-state index contributed by atoms with van der Waals surface area (Å²) in [4.78, 5) is 17.5. The minimum Gasteiger partial charge on any atom is -0.497 e. The Labute approximate surface area is 146 Å². The number of hydrogen-bond donors (Lipinski definition) is 0. The Morgan fingerprint density at radius 3 is 2.72 bits per heavy atom. The van der Waals surface area contributed by atoms with Crippen molar-refractivity contribution in [1.82, 2.24) is 0 Å². The summed E-state index contributed by atoms with van der Waals surface area (Å²) < 4.78 is 16.2. The Morgan fingerprint density at radius 1 is 1.16 bits per heavy atom. The minimum atomic E-state index is -0.570. The molecule has 1 heterocycles. The molecule has 0 radical (unpaired) electrons. The van der Waals surface area contributed by atoms with Gasteiger partial charge in [-0.05, 0) is 31.2 Å². The van der Waals surface area contributed by atoms with Gasteiger partial charge in [0.25, 0.3) is 0 Å². The van der Waals surface area contributed by atoms with Crippen LogP contribution in [0.4, 0.5) is 0 Å². The molecule has 0 aliphatic carbocycles. The lowest BCUT2D eigenvalue weighted by molar-refractivity contribution is 0.0509. The van der Waals surface area contributed by atoms with Gasteiger partial charge in [-0.2, -0.15) is 0 Å². The monoisotopic (exact) mass is 341 g/mol. The van der Waals surface area contributed by atoms with Crippen LogP contribution in [0, 0.1) is 0 Å². The van der Waals surface area contributed by atoms with Crippen LogP contribution in [0.1, 0.15) is 29.3 Å². The van der Waals surface area contributed by atoms with Gasteiger partial charge in [-0.1, -0.05) is 17.3 Å². The van der Waals surface area contributed by atoms with E-state index in [0.717, 1.165) is 5.56 Å². The molecule has 0 bridgehead atoms. The largest absolute Gasteiger partial charge is 0.497 e. The highest BCUT2D eigenvalue weighted by Gasteiger charge is 2.24. The van der Waals surface area contributed by atoms with E-state index in [1.54, 1.807) is 37.4 Å². The molecule has 3 rings (SSSR count). The average molecular weight is 341 g/mol. The highest BCUT2D eigenvalue weighted by molar-refractivity contribution is 6.04. The van der Waals surface area contributed by atoms with E-state index in [0.29, 0.717) is 34.9 Å². The van der Waals surface area contributed by atoms with Gasteiger partial charge in [0.15, 0.2) is 0 Å². The van der Waals surface area contributed by atoms with Gasteiger partial charge in [-0.3, -0.25) is 0 Å². The van der Waals surface area contributed by atoms with Crippen LogP contribution >= 0.6 is 0 Å². The van der Waals surface area contributed by atoms with Crippen molar-refractivity contribution in [2.75, 3.05) is 14.2 Å². The zero-order valence-corrected chi connectivity index (χ0v) is 14.3. The van der Waals surface area contributed by atoms with Crippen LogP contribution < -0.4 is 14.2 Å². The predicted molar refractivity (Wildman–Crippen MR) is 92.6 cm³/mol. The van der Waals surface area contributed by atoms with Gasteiger partial charge in [0.05, 0.1) is 19.9 Å². The van der Waals surface area contributed by atoms with Crippen LogP contribution in [0.15, 0.2) is 47.6 Å². The first-order valence-electron chi connectivity index (χ1n) is 7.88. The maximum Gasteiger partial charge on any atom is 0.369 e.